The summed E-state index contributed by atoms with van der Waals surface area (Å²) in [6.07, 6.45) is 6.83. The number of carbonyl (C=O) groups excluding carboxylic acids is 2. The van der Waals surface area contributed by atoms with Crippen molar-refractivity contribution in [1.29, 1.82) is 0 Å². The zero-order valence-corrected chi connectivity index (χ0v) is 15.1. The Labute approximate surface area is 140 Å². The van der Waals surface area contributed by atoms with Crippen LogP contribution in [-0.4, -0.2) is 29.6 Å². The number of carbonyl (C=O) groups is 2. The van der Waals surface area contributed by atoms with E-state index in [0.29, 0.717) is 13.0 Å². The first-order chi connectivity index (χ1) is 10.7. The first kappa shape index (κ1) is 19.9. The normalized spacial score (nSPS) is 31.1. The van der Waals surface area contributed by atoms with Gasteiger partial charge in [-0.3, -0.25) is 9.59 Å². The van der Waals surface area contributed by atoms with Crippen LogP contribution in [0.15, 0.2) is 11.6 Å². The van der Waals surface area contributed by atoms with Crippen LogP contribution >= 0.6 is 0 Å². The lowest BCUT2D eigenvalue weighted by Gasteiger charge is -2.31. The molecule has 4 heteroatoms. The molecular formula is C19H32O4. The van der Waals surface area contributed by atoms with Crippen LogP contribution in [0.4, 0.5) is 0 Å². The van der Waals surface area contributed by atoms with Gasteiger partial charge in [-0.25, -0.2) is 0 Å². The van der Waals surface area contributed by atoms with Crippen molar-refractivity contribution in [1.82, 2.24) is 0 Å². The topological polar surface area (TPSA) is 63.6 Å². The third-order valence-electron chi connectivity index (χ3n) is 4.86. The number of ketones is 1. The Bertz CT molecular complexity index is 437. The third kappa shape index (κ3) is 6.46. The third-order valence-corrected chi connectivity index (χ3v) is 4.86. The molecule has 2 atom stereocenters. The van der Waals surface area contributed by atoms with Crippen molar-refractivity contribution in [2.24, 2.45) is 11.3 Å². The molecule has 0 fully saturated rings. The second-order valence-electron chi connectivity index (χ2n) is 7.37. The van der Waals surface area contributed by atoms with Crippen LogP contribution < -0.4 is 0 Å². The monoisotopic (exact) mass is 324 g/mol. The number of hydrogen-bond donors (Lipinski definition) is 1. The van der Waals surface area contributed by atoms with Crippen molar-refractivity contribution in [2.45, 2.75) is 78.7 Å². The van der Waals surface area contributed by atoms with Crippen molar-refractivity contribution in [3.63, 3.8) is 0 Å². The van der Waals surface area contributed by atoms with Crippen LogP contribution in [0, 0.1) is 11.3 Å². The van der Waals surface area contributed by atoms with E-state index in [2.05, 4.69) is 13.0 Å². The Morgan fingerprint density at radius 1 is 1.22 bits per heavy atom. The lowest BCUT2D eigenvalue weighted by atomic mass is 9.75. The number of rotatable bonds is 0. The standard InChI is InChI=1S/C19H32O4/c1-14-9-6-5-7-11-15(2)18(22)19(3,4)16(20)13-17(21)23-12-8-10-14/h10,15-16,20H,5-9,11-13H2,1-4H3/b14-10-. The molecule has 1 heterocycles. The average molecular weight is 324 g/mol. The molecule has 0 saturated heterocycles. The predicted molar refractivity (Wildman–Crippen MR) is 91.0 cm³/mol. The van der Waals surface area contributed by atoms with Gasteiger partial charge in [-0.15, -0.1) is 0 Å². The molecule has 0 radical (unpaired) electrons. The van der Waals surface area contributed by atoms with E-state index in [0.717, 1.165) is 32.1 Å². The second kappa shape index (κ2) is 9.21. The van der Waals surface area contributed by atoms with Crippen molar-refractivity contribution in [3.05, 3.63) is 11.6 Å². The predicted octanol–water partition coefficient (Wildman–Crippen LogP) is 3.81. The molecular weight excluding hydrogens is 292 g/mol. The lowest BCUT2D eigenvalue weighted by molar-refractivity contribution is -0.150. The summed E-state index contributed by atoms with van der Waals surface area (Å²) in [5.41, 5.74) is 0.393. The molecule has 1 aliphatic rings. The first-order valence-corrected chi connectivity index (χ1v) is 8.78. The molecule has 4 nitrogen and oxygen atoms in total. The summed E-state index contributed by atoms with van der Waals surface area (Å²) in [4.78, 5) is 24.4. The summed E-state index contributed by atoms with van der Waals surface area (Å²) in [5, 5.41) is 10.3. The van der Waals surface area contributed by atoms with Crippen molar-refractivity contribution >= 4 is 11.8 Å². The molecule has 23 heavy (non-hydrogen) atoms. The van der Waals surface area contributed by atoms with Gasteiger partial charge in [-0.2, -0.15) is 0 Å². The maximum absolute atomic E-state index is 12.6. The number of hydrogen-bond acceptors (Lipinski definition) is 4. The molecule has 132 valence electrons. The zero-order chi connectivity index (χ0) is 17.5. The molecule has 0 amide bonds. The minimum atomic E-state index is -1.00. The van der Waals surface area contributed by atoms with Crippen LogP contribution in [0.5, 0.6) is 0 Å². The van der Waals surface area contributed by atoms with Crippen LogP contribution in [0.25, 0.3) is 0 Å². The van der Waals surface area contributed by atoms with Gasteiger partial charge >= 0.3 is 5.97 Å². The van der Waals surface area contributed by atoms with Gasteiger partial charge in [0.2, 0.25) is 0 Å². The number of esters is 1. The molecule has 0 aromatic rings. The zero-order valence-electron chi connectivity index (χ0n) is 15.1. The van der Waals surface area contributed by atoms with E-state index in [4.69, 9.17) is 4.74 Å². The fourth-order valence-electron chi connectivity index (χ4n) is 3.01. The SMILES string of the molecule is C/C1=C/CCOC(=O)CC(O)C(C)(C)C(=O)C(C)CCCCC1. The number of Topliss-reactive ketones (excluding diaryl/α,β-unsaturated/α-hetero) is 1. The summed E-state index contributed by atoms with van der Waals surface area (Å²) < 4.78 is 5.16. The van der Waals surface area contributed by atoms with Crippen molar-refractivity contribution < 1.29 is 19.4 Å². The van der Waals surface area contributed by atoms with Gasteiger partial charge < -0.3 is 9.84 Å². The van der Waals surface area contributed by atoms with Crippen LogP contribution in [0.1, 0.15) is 72.6 Å². The number of cyclic esters (lactones) is 1. The summed E-state index contributed by atoms with van der Waals surface area (Å²) in [7, 11) is 0. The molecule has 0 aromatic heterocycles. The lowest BCUT2D eigenvalue weighted by Crippen LogP contribution is -2.41. The summed E-state index contributed by atoms with van der Waals surface area (Å²) >= 11 is 0. The molecule has 2 unspecified atom stereocenters. The van der Waals surface area contributed by atoms with E-state index in [-0.39, 0.29) is 18.1 Å². The minimum absolute atomic E-state index is 0.0287. The highest BCUT2D eigenvalue weighted by atomic mass is 16.5. The molecule has 0 aliphatic carbocycles. The molecule has 1 rings (SSSR count). The molecule has 0 saturated carbocycles. The highest BCUT2D eigenvalue weighted by molar-refractivity contribution is 5.87. The van der Waals surface area contributed by atoms with Gasteiger partial charge in [0.05, 0.1) is 24.5 Å². The van der Waals surface area contributed by atoms with Crippen molar-refractivity contribution in [2.75, 3.05) is 6.61 Å². The molecule has 1 aliphatic heterocycles. The highest BCUT2D eigenvalue weighted by Crippen LogP contribution is 2.30. The number of aliphatic hydroxyl groups is 1. The van der Waals surface area contributed by atoms with E-state index in [1.54, 1.807) is 13.8 Å². The maximum atomic E-state index is 12.6. The Kier molecular flexibility index (Phi) is 7.97. The fourth-order valence-corrected chi connectivity index (χ4v) is 3.01. The van der Waals surface area contributed by atoms with E-state index in [1.807, 2.05) is 6.92 Å². The minimum Gasteiger partial charge on any atom is -0.465 e. The Balaban J connectivity index is 2.78. The van der Waals surface area contributed by atoms with Gasteiger partial charge in [0.1, 0.15) is 5.78 Å². The molecule has 0 bridgehead atoms. The van der Waals surface area contributed by atoms with Crippen LogP contribution in [0.3, 0.4) is 0 Å². The highest BCUT2D eigenvalue weighted by Gasteiger charge is 2.39. The summed E-state index contributed by atoms with van der Waals surface area (Å²) in [5.74, 6) is -0.509. The van der Waals surface area contributed by atoms with Gasteiger partial charge in [0.25, 0.3) is 0 Å². The second-order valence-corrected chi connectivity index (χ2v) is 7.37. The molecule has 0 aromatic carbocycles. The van der Waals surface area contributed by atoms with E-state index in [1.165, 1.54) is 5.57 Å². The molecule has 0 spiro atoms. The largest absolute Gasteiger partial charge is 0.465 e. The number of aliphatic hydroxyl groups excluding tert-OH is 1. The average Bonchev–Trinajstić information content (AvgIpc) is 2.49. The van der Waals surface area contributed by atoms with Gasteiger partial charge in [0.15, 0.2) is 0 Å². The van der Waals surface area contributed by atoms with Crippen molar-refractivity contribution in [3.8, 4) is 0 Å². The van der Waals surface area contributed by atoms with Crippen LogP contribution in [-0.2, 0) is 14.3 Å². The Morgan fingerprint density at radius 3 is 2.61 bits per heavy atom. The summed E-state index contributed by atoms with van der Waals surface area (Å²) in [6.45, 7) is 7.79. The Morgan fingerprint density at radius 2 is 1.91 bits per heavy atom. The van der Waals surface area contributed by atoms with Gasteiger partial charge in [-0.1, -0.05) is 45.3 Å². The van der Waals surface area contributed by atoms with Gasteiger partial charge in [0, 0.05) is 5.92 Å². The van der Waals surface area contributed by atoms with E-state index in [9.17, 15) is 14.7 Å². The maximum Gasteiger partial charge on any atom is 0.308 e. The van der Waals surface area contributed by atoms with Crippen LogP contribution in [0.2, 0.25) is 0 Å². The smallest absolute Gasteiger partial charge is 0.308 e. The van der Waals surface area contributed by atoms with E-state index >= 15 is 0 Å². The first-order valence-electron chi connectivity index (χ1n) is 8.78. The number of allylic oxidation sites excluding steroid dienone is 1. The summed E-state index contributed by atoms with van der Waals surface area (Å²) in [6, 6.07) is 0. The fraction of sp³-hybridized carbons (Fsp3) is 0.789. The van der Waals surface area contributed by atoms with E-state index < -0.39 is 17.5 Å². The quantitative estimate of drug-likeness (QED) is 0.543. The van der Waals surface area contributed by atoms with Gasteiger partial charge in [-0.05, 0) is 32.6 Å². The Hall–Kier alpha value is -1.16. The molecule has 1 N–H and O–H groups in total. The number of ether oxygens (including phenoxy) is 1.